The zero-order chi connectivity index (χ0) is 14.1. The fourth-order valence-corrected chi connectivity index (χ4v) is 3.53. The average molecular weight is 313 g/mol. The highest BCUT2D eigenvalue weighted by Gasteiger charge is 2.34. The van der Waals surface area contributed by atoms with Crippen LogP contribution in [0.4, 0.5) is 0 Å². The number of hydrogen-bond donors (Lipinski definition) is 0. The van der Waals surface area contributed by atoms with Crippen molar-refractivity contribution >= 4 is 34.8 Å². The summed E-state index contributed by atoms with van der Waals surface area (Å²) in [7, 11) is 0. The van der Waals surface area contributed by atoms with E-state index in [4.69, 9.17) is 11.6 Å². The highest BCUT2D eigenvalue weighted by atomic mass is 35.5. The number of carbonyl (C=O) groups is 2. The van der Waals surface area contributed by atoms with Crippen LogP contribution in [-0.2, 0) is 4.79 Å². The minimum Gasteiger partial charge on any atom is -0.341 e. The van der Waals surface area contributed by atoms with Crippen LogP contribution in [0.3, 0.4) is 0 Å². The molecule has 2 amide bonds. The first-order valence-corrected chi connectivity index (χ1v) is 8.18. The molecule has 3 rings (SSSR count). The molecule has 1 saturated heterocycles. The average Bonchev–Trinajstić information content (AvgIpc) is 3.23. The standard InChI is InChI=1S/C14H17ClN2O2S/c15-12-5-4-11(20-12)14(19)17-7-1-6-16(8-9-17)13(18)10-2-3-10/h4-5,10H,1-3,6-9H2. The quantitative estimate of drug-likeness (QED) is 0.842. The van der Waals surface area contributed by atoms with Crippen LogP contribution in [0.5, 0.6) is 0 Å². The van der Waals surface area contributed by atoms with Gasteiger partial charge < -0.3 is 9.80 Å². The third-order valence-electron chi connectivity index (χ3n) is 3.81. The summed E-state index contributed by atoms with van der Waals surface area (Å²) in [6, 6.07) is 3.52. The van der Waals surface area contributed by atoms with Crippen molar-refractivity contribution in [2.75, 3.05) is 26.2 Å². The molecule has 108 valence electrons. The van der Waals surface area contributed by atoms with E-state index >= 15 is 0 Å². The van der Waals surface area contributed by atoms with E-state index < -0.39 is 0 Å². The Morgan fingerprint density at radius 3 is 2.45 bits per heavy atom. The fourth-order valence-electron chi connectivity index (χ4n) is 2.51. The Bertz CT molecular complexity index is 527. The second-order valence-electron chi connectivity index (χ2n) is 5.35. The summed E-state index contributed by atoms with van der Waals surface area (Å²) in [6.45, 7) is 2.75. The molecule has 20 heavy (non-hydrogen) atoms. The van der Waals surface area contributed by atoms with Gasteiger partial charge in [-0.05, 0) is 31.4 Å². The summed E-state index contributed by atoms with van der Waals surface area (Å²) in [6.07, 6.45) is 2.92. The van der Waals surface area contributed by atoms with Gasteiger partial charge in [-0.1, -0.05) is 11.6 Å². The third-order valence-corrected chi connectivity index (χ3v) is 5.02. The van der Waals surface area contributed by atoms with Gasteiger partial charge in [-0.15, -0.1) is 11.3 Å². The summed E-state index contributed by atoms with van der Waals surface area (Å²) in [5.41, 5.74) is 0. The van der Waals surface area contributed by atoms with E-state index in [0.717, 1.165) is 25.8 Å². The number of thiophene rings is 1. The molecule has 0 spiro atoms. The normalized spacial score (nSPS) is 19.9. The highest BCUT2D eigenvalue weighted by molar-refractivity contribution is 7.17. The summed E-state index contributed by atoms with van der Waals surface area (Å²) >= 11 is 7.19. The highest BCUT2D eigenvalue weighted by Crippen LogP contribution is 2.31. The molecule has 4 nitrogen and oxygen atoms in total. The van der Waals surface area contributed by atoms with E-state index in [0.29, 0.717) is 28.8 Å². The lowest BCUT2D eigenvalue weighted by atomic mass is 10.3. The van der Waals surface area contributed by atoms with Crippen LogP contribution >= 0.6 is 22.9 Å². The lowest BCUT2D eigenvalue weighted by molar-refractivity contribution is -0.132. The van der Waals surface area contributed by atoms with Crippen molar-refractivity contribution in [3.05, 3.63) is 21.3 Å². The topological polar surface area (TPSA) is 40.6 Å². The van der Waals surface area contributed by atoms with Crippen molar-refractivity contribution in [3.63, 3.8) is 0 Å². The third kappa shape index (κ3) is 2.99. The van der Waals surface area contributed by atoms with Gasteiger partial charge in [0.05, 0.1) is 9.21 Å². The van der Waals surface area contributed by atoms with Crippen molar-refractivity contribution < 1.29 is 9.59 Å². The van der Waals surface area contributed by atoms with Crippen LogP contribution in [0.1, 0.15) is 28.9 Å². The predicted octanol–water partition coefficient (Wildman–Crippen LogP) is 2.49. The molecule has 6 heteroatoms. The van der Waals surface area contributed by atoms with E-state index in [1.54, 1.807) is 12.1 Å². The maximum atomic E-state index is 12.4. The molecular weight excluding hydrogens is 296 g/mol. The number of hydrogen-bond acceptors (Lipinski definition) is 3. The van der Waals surface area contributed by atoms with Crippen LogP contribution in [0, 0.1) is 5.92 Å². The SMILES string of the molecule is O=C(c1ccc(Cl)s1)N1CCCN(C(=O)C2CC2)CC1. The second kappa shape index (κ2) is 5.74. The van der Waals surface area contributed by atoms with Gasteiger partial charge in [-0.2, -0.15) is 0 Å². The van der Waals surface area contributed by atoms with Crippen molar-refractivity contribution in [1.82, 2.24) is 9.80 Å². The summed E-state index contributed by atoms with van der Waals surface area (Å²) in [5.74, 6) is 0.564. The van der Waals surface area contributed by atoms with Gasteiger partial charge in [0.25, 0.3) is 5.91 Å². The Hall–Kier alpha value is -1.07. The van der Waals surface area contributed by atoms with Crippen LogP contribution in [0.15, 0.2) is 12.1 Å². The van der Waals surface area contributed by atoms with Gasteiger partial charge in [0, 0.05) is 32.1 Å². The molecule has 0 bridgehead atoms. The monoisotopic (exact) mass is 312 g/mol. The predicted molar refractivity (Wildman–Crippen MR) is 79.2 cm³/mol. The second-order valence-corrected chi connectivity index (χ2v) is 7.06. The van der Waals surface area contributed by atoms with Crippen molar-refractivity contribution in [1.29, 1.82) is 0 Å². The van der Waals surface area contributed by atoms with Crippen molar-refractivity contribution in [2.45, 2.75) is 19.3 Å². The molecule has 1 aliphatic carbocycles. The maximum absolute atomic E-state index is 12.4. The molecular formula is C14H17ClN2O2S. The number of carbonyl (C=O) groups excluding carboxylic acids is 2. The van der Waals surface area contributed by atoms with E-state index in [-0.39, 0.29) is 17.7 Å². The van der Waals surface area contributed by atoms with Gasteiger partial charge in [0.2, 0.25) is 5.91 Å². The minimum atomic E-state index is 0.0302. The minimum absolute atomic E-state index is 0.0302. The van der Waals surface area contributed by atoms with Gasteiger partial charge in [-0.3, -0.25) is 9.59 Å². The molecule has 0 N–H and O–H groups in total. The van der Waals surface area contributed by atoms with Crippen LogP contribution < -0.4 is 0 Å². The van der Waals surface area contributed by atoms with E-state index in [1.807, 2.05) is 9.80 Å². The van der Waals surface area contributed by atoms with Gasteiger partial charge >= 0.3 is 0 Å². The largest absolute Gasteiger partial charge is 0.341 e. The molecule has 0 unspecified atom stereocenters. The van der Waals surface area contributed by atoms with Crippen LogP contribution in [-0.4, -0.2) is 47.8 Å². The van der Waals surface area contributed by atoms with Crippen molar-refractivity contribution in [3.8, 4) is 0 Å². The molecule has 1 saturated carbocycles. The number of halogens is 1. The molecule has 0 aromatic carbocycles. The number of rotatable bonds is 2. The van der Waals surface area contributed by atoms with E-state index in [9.17, 15) is 9.59 Å². The Morgan fingerprint density at radius 2 is 1.80 bits per heavy atom. The zero-order valence-electron chi connectivity index (χ0n) is 11.2. The molecule has 2 heterocycles. The maximum Gasteiger partial charge on any atom is 0.264 e. The summed E-state index contributed by atoms with van der Waals surface area (Å²) < 4.78 is 0.633. The molecule has 1 aromatic heterocycles. The lowest BCUT2D eigenvalue weighted by Crippen LogP contribution is -2.37. The van der Waals surface area contributed by atoms with Gasteiger partial charge in [0.1, 0.15) is 0 Å². The Morgan fingerprint density at radius 1 is 1.10 bits per heavy atom. The lowest BCUT2D eigenvalue weighted by Gasteiger charge is -2.21. The van der Waals surface area contributed by atoms with Crippen molar-refractivity contribution in [2.24, 2.45) is 5.92 Å². The molecule has 2 aliphatic rings. The molecule has 0 radical (unpaired) electrons. The smallest absolute Gasteiger partial charge is 0.264 e. The summed E-state index contributed by atoms with van der Waals surface area (Å²) in [4.78, 5) is 28.9. The fraction of sp³-hybridized carbons (Fsp3) is 0.571. The molecule has 1 aromatic rings. The molecule has 2 fully saturated rings. The molecule has 1 aliphatic heterocycles. The van der Waals surface area contributed by atoms with Crippen LogP contribution in [0.25, 0.3) is 0 Å². The van der Waals surface area contributed by atoms with Gasteiger partial charge in [0.15, 0.2) is 0 Å². The zero-order valence-corrected chi connectivity index (χ0v) is 12.8. The molecule has 0 atom stereocenters. The Labute approximate surface area is 127 Å². The number of amides is 2. The Balaban J connectivity index is 1.61. The van der Waals surface area contributed by atoms with E-state index in [2.05, 4.69) is 0 Å². The summed E-state index contributed by atoms with van der Waals surface area (Å²) in [5, 5.41) is 0. The first-order valence-electron chi connectivity index (χ1n) is 6.98. The number of nitrogens with zero attached hydrogens (tertiary/aromatic N) is 2. The first-order chi connectivity index (χ1) is 9.65. The van der Waals surface area contributed by atoms with Gasteiger partial charge in [-0.25, -0.2) is 0 Å². The first kappa shape index (κ1) is 13.9. The Kier molecular flexibility index (Phi) is 3.98. The van der Waals surface area contributed by atoms with Crippen LogP contribution in [0.2, 0.25) is 4.34 Å². The van der Waals surface area contributed by atoms with E-state index in [1.165, 1.54) is 11.3 Å².